The molecule has 0 aromatic carbocycles. The minimum atomic E-state index is -2.20. The van der Waals surface area contributed by atoms with Gasteiger partial charge in [0.1, 0.15) is 0 Å². The lowest BCUT2D eigenvalue weighted by Crippen LogP contribution is -2.36. The van der Waals surface area contributed by atoms with Gasteiger partial charge in [0.15, 0.2) is 0 Å². The molecule has 1 atom stereocenters. The van der Waals surface area contributed by atoms with E-state index in [1.807, 2.05) is 6.92 Å². The fraction of sp³-hybridized carbons (Fsp3) is 1.00. The van der Waals surface area contributed by atoms with Gasteiger partial charge >= 0.3 is 0 Å². The fourth-order valence-corrected chi connectivity index (χ4v) is 1.47. The van der Waals surface area contributed by atoms with Gasteiger partial charge < -0.3 is 5.32 Å². The molecule has 1 N–H and O–H groups in total. The van der Waals surface area contributed by atoms with E-state index in [9.17, 15) is 8.78 Å². The Morgan fingerprint density at radius 3 is 2.54 bits per heavy atom. The number of hydrogen-bond acceptors (Lipinski definition) is 1. The van der Waals surface area contributed by atoms with Crippen LogP contribution in [0.3, 0.4) is 0 Å². The monoisotopic (exact) mass is 191 g/mol. The fourth-order valence-electron chi connectivity index (χ4n) is 1.47. The molecule has 0 heterocycles. The second kappa shape index (κ2) is 5.53. The van der Waals surface area contributed by atoms with Crippen molar-refractivity contribution in [1.29, 1.82) is 0 Å². The van der Waals surface area contributed by atoms with E-state index in [1.54, 1.807) is 0 Å². The minimum absolute atomic E-state index is 0.569. The highest BCUT2D eigenvalue weighted by molar-refractivity contribution is 4.77. The highest BCUT2D eigenvalue weighted by atomic mass is 19.3. The van der Waals surface area contributed by atoms with E-state index in [2.05, 4.69) is 5.32 Å². The summed E-state index contributed by atoms with van der Waals surface area (Å²) >= 11 is 0. The van der Waals surface area contributed by atoms with Crippen LogP contribution in [0, 0.1) is 5.92 Å². The minimum Gasteiger partial charge on any atom is -0.309 e. The van der Waals surface area contributed by atoms with Gasteiger partial charge in [0.2, 0.25) is 0 Å². The molecule has 0 spiro atoms. The summed E-state index contributed by atoms with van der Waals surface area (Å²) in [6.07, 6.45) is 2.85. The molecule has 0 aromatic heterocycles. The molecule has 0 bridgehead atoms. The molecule has 1 rings (SSSR count). The molecule has 1 unspecified atom stereocenters. The molecular weight excluding hydrogens is 172 g/mol. The zero-order valence-corrected chi connectivity index (χ0v) is 8.23. The molecule has 0 amide bonds. The lowest BCUT2D eigenvalue weighted by Gasteiger charge is -2.16. The van der Waals surface area contributed by atoms with Crippen molar-refractivity contribution in [3.8, 4) is 0 Å². The van der Waals surface area contributed by atoms with Crippen molar-refractivity contribution in [2.75, 3.05) is 6.54 Å². The summed E-state index contributed by atoms with van der Waals surface area (Å²) in [7, 11) is 0. The Labute approximate surface area is 78.9 Å². The van der Waals surface area contributed by atoms with Crippen LogP contribution >= 0.6 is 0 Å². The maximum atomic E-state index is 12.4. The second-order valence-electron chi connectivity index (χ2n) is 3.92. The maximum Gasteiger partial charge on any atom is 0.253 e. The van der Waals surface area contributed by atoms with Crippen molar-refractivity contribution in [1.82, 2.24) is 5.32 Å². The predicted molar refractivity (Wildman–Crippen MR) is 50.0 cm³/mol. The smallest absolute Gasteiger partial charge is 0.253 e. The first-order chi connectivity index (χ1) is 6.24. The summed E-state index contributed by atoms with van der Waals surface area (Å²) in [4.78, 5) is 0. The maximum absolute atomic E-state index is 12.4. The van der Waals surface area contributed by atoms with Gasteiger partial charge in [-0.25, -0.2) is 8.78 Å². The normalized spacial score (nSPS) is 19.4. The Morgan fingerprint density at radius 2 is 2.08 bits per heavy atom. The molecule has 1 aliphatic rings. The number of alkyl halides is 2. The van der Waals surface area contributed by atoms with Gasteiger partial charge in [-0.05, 0) is 31.7 Å². The largest absolute Gasteiger partial charge is 0.309 e. The number of hydrogen-bond donors (Lipinski definition) is 1. The summed E-state index contributed by atoms with van der Waals surface area (Å²) in [6, 6.07) is -0.569. The molecule has 0 radical (unpaired) electrons. The molecule has 1 fully saturated rings. The van der Waals surface area contributed by atoms with Crippen molar-refractivity contribution in [2.24, 2.45) is 5.92 Å². The van der Waals surface area contributed by atoms with Crippen LogP contribution < -0.4 is 5.32 Å². The summed E-state index contributed by atoms with van der Waals surface area (Å²) in [6.45, 7) is 2.70. The van der Waals surface area contributed by atoms with Crippen molar-refractivity contribution < 1.29 is 8.78 Å². The van der Waals surface area contributed by atoms with Crippen LogP contribution in [0.4, 0.5) is 8.78 Å². The predicted octanol–water partition coefficient (Wildman–Crippen LogP) is 2.81. The first-order valence-corrected chi connectivity index (χ1v) is 5.25. The molecule has 1 saturated carbocycles. The highest BCUT2D eigenvalue weighted by Crippen LogP contribution is 2.34. The van der Waals surface area contributed by atoms with E-state index < -0.39 is 12.5 Å². The van der Waals surface area contributed by atoms with Gasteiger partial charge in [-0.1, -0.05) is 19.8 Å². The van der Waals surface area contributed by atoms with E-state index in [0.717, 1.165) is 18.8 Å². The molecule has 1 nitrogen and oxygen atoms in total. The van der Waals surface area contributed by atoms with E-state index in [-0.39, 0.29) is 0 Å². The third-order valence-corrected chi connectivity index (χ3v) is 2.54. The first-order valence-electron chi connectivity index (χ1n) is 5.25. The topological polar surface area (TPSA) is 12.0 Å². The van der Waals surface area contributed by atoms with Crippen LogP contribution in [-0.2, 0) is 0 Å². The average molecular weight is 191 g/mol. The average Bonchev–Trinajstić information content (AvgIpc) is 2.87. The third kappa shape index (κ3) is 4.55. The quantitative estimate of drug-likeness (QED) is 0.652. The summed E-state index contributed by atoms with van der Waals surface area (Å²) in [5.41, 5.74) is 0. The Bertz CT molecular complexity index is 135. The molecule has 1 aliphatic carbocycles. The van der Waals surface area contributed by atoms with Gasteiger partial charge in [-0.3, -0.25) is 0 Å². The van der Waals surface area contributed by atoms with Gasteiger partial charge in [-0.2, -0.15) is 0 Å². The van der Waals surface area contributed by atoms with Crippen LogP contribution in [0.15, 0.2) is 0 Å². The summed E-state index contributed by atoms with van der Waals surface area (Å²) in [5.74, 6) is 0.754. The Hall–Kier alpha value is -0.180. The Kier molecular flexibility index (Phi) is 4.64. The van der Waals surface area contributed by atoms with Crippen LogP contribution in [0.1, 0.15) is 39.0 Å². The molecule has 0 aliphatic heterocycles. The number of halogens is 2. The van der Waals surface area contributed by atoms with Gasteiger partial charge in [-0.15, -0.1) is 0 Å². The van der Waals surface area contributed by atoms with E-state index >= 15 is 0 Å². The van der Waals surface area contributed by atoms with Crippen LogP contribution in [0.25, 0.3) is 0 Å². The van der Waals surface area contributed by atoms with Crippen molar-refractivity contribution in [2.45, 2.75) is 51.5 Å². The van der Waals surface area contributed by atoms with Gasteiger partial charge in [0.05, 0.1) is 6.04 Å². The zero-order chi connectivity index (χ0) is 9.68. The van der Waals surface area contributed by atoms with Crippen LogP contribution in [0.2, 0.25) is 0 Å². The molecule has 0 aromatic rings. The summed E-state index contributed by atoms with van der Waals surface area (Å²) in [5, 5.41) is 2.90. The van der Waals surface area contributed by atoms with Gasteiger partial charge in [0, 0.05) is 0 Å². The molecule has 78 valence electrons. The van der Waals surface area contributed by atoms with E-state index in [4.69, 9.17) is 0 Å². The van der Waals surface area contributed by atoms with E-state index in [0.29, 0.717) is 13.0 Å². The molecule has 13 heavy (non-hydrogen) atoms. The lowest BCUT2D eigenvalue weighted by atomic mass is 10.1. The lowest BCUT2D eigenvalue weighted by molar-refractivity contribution is 0.0924. The number of nitrogens with one attached hydrogen (secondary N) is 1. The molecule has 3 heteroatoms. The van der Waals surface area contributed by atoms with Crippen molar-refractivity contribution in [3.05, 3.63) is 0 Å². The van der Waals surface area contributed by atoms with Gasteiger partial charge in [0.25, 0.3) is 6.43 Å². The van der Waals surface area contributed by atoms with Crippen molar-refractivity contribution >= 4 is 0 Å². The van der Waals surface area contributed by atoms with Crippen LogP contribution in [0.5, 0.6) is 0 Å². The SMILES string of the molecule is CCCNC(CCC1CC1)C(F)F. The second-order valence-corrected chi connectivity index (χ2v) is 3.92. The summed E-state index contributed by atoms with van der Waals surface area (Å²) < 4.78 is 24.9. The Balaban J connectivity index is 2.11. The first kappa shape index (κ1) is 10.9. The number of rotatable bonds is 7. The molecular formula is C10H19F2N. The zero-order valence-electron chi connectivity index (χ0n) is 8.23. The van der Waals surface area contributed by atoms with Crippen molar-refractivity contribution in [3.63, 3.8) is 0 Å². The molecule has 0 saturated heterocycles. The Morgan fingerprint density at radius 1 is 1.38 bits per heavy atom. The van der Waals surface area contributed by atoms with E-state index in [1.165, 1.54) is 12.8 Å². The highest BCUT2D eigenvalue weighted by Gasteiger charge is 2.25. The van der Waals surface area contributed by atoms with Crippen LogP contribution in [-0.4, -0.2) is 19.0 Å². The third-order valence-electron chi connectivity index (χ3n) is 2.54. The standard InChI is InChI=1S/C10H19F2N/c1-2-7-13-9(10(11)12)6-5-8-3-4-8/h8-10,13H,2-7H2,1H3.